The van der Waals surface area contributed by atoms with Gasteiger partial charge in [-0.1, -0.05) is 32.0 Å². The molecule has 1 heterocycles. The first-order chi connectivity index (χ1) is 9.99. The molecule has 2 rings (SSSR count). The number of hydrogen-bond acceptors (Lipinski definition) is 3. The molecule has 0 saturated heterocycles. The fourth-order valence-electron chi connectivity index (χ4n) is 2.91. The molecule has 1 amide bonds. The van der Waals surface area contributed by atoms with Crippen molar-refractivity contribution in [2.24, 2.45) is 5.92 Å². The number of para-hydroxylation sites is 1. The first-order valence-corrected chi connectivity index (χ1v) is 7.61. The van der Waals surface area contributed by atoms with Gasteiger partial charge in [-0.05, 0) is 37.3 Å². The molecule has 0 radical (unpaired) electrons. The van der Waals surface area contributed by atoms with Crippen molar-refractivity contribution in [3.63, 3.8) is 0 Å². The molecule has 0 bridgehead atoms. The van der Waals surface area contributed by atoms with Crippen molar-refractivity contribution < 1.29 is 9.59 Å². The third-order valence-electron chi connectivity index (χ3n) is 3.96. The second kappa shape index (κ2) is 6.74. The molecule has 21 heavy (non-hydrogen) atoms. The standard InChI is InChI=1S/C17H24N2O2/c1-12(2)17(13(3)20)18-16(21)11-19-10-6-8-14-7-4-5-9-15(14)19/h4-5,7,9,12,17H,6,8,10-11H2,1-3H3,(H,18,21). The van der Waals surface area contributed by atoms with Crippen molar-refractivity contribution in [3.05, 3.63) is 29.8 Å². The number of hydrogen-bond donors (Lipinski definition) is 1. The Balaban J connectivity index is 2.02. The van der Waals surface area contributed by atoms with Gasteiger partial charge in [0.15, 0.2) is 5.78 Å². The summed E-state index contributed by atoms with van der Waals surface area (Å²) in [5, 5.41) is 2.86. The monoisotopic (exact) mass is 288 g/mol. The number of benzene rings is 1. The van der Waals surface area contributed by atoms with Crippen LogP contribution in [-0.2, 0) is 16.0 Å². The minimum Gasteiger partial charge on any atom is -0.362 e. The highest BCUT2D eigenvalue weighted by Crippen LogP contribution is 2.26. The lowest BCUT2D eigenvalue weighted by molar-refractivity contribution is -0.127. The van der Waals surface area contributed by atoms with E-state index in [2.05, 4.69) is 22.3 Å². The topological polar surface area (TPSA) is 49.4 Å². The van der Waals surface area contributed by atoms with E-state index in [4.69, 9.17) is 0 Å². The molecule has 4 nitrogen and oxygen atoms in total. The number of Topliss-reactive ketones (excluding diaryl/α,β-unsaturated/α-hetero) is 1. The first kappa shape index (κ1) is 15.5. The van der Waals surface area contributed by atoms with E-state index in [0.717, 1.165) is 25.1 Å². The minimum atomic E-state index is -0.391. The van der Waals surface area contributed by atoms with Crippen LogP contribution >= 0.6 is 0 Å². The number of carbonyl (C=O) groups is 2. The third-order valence-corrected chi connectivity index (χ3v) is 3.96. The molecule has 0 fully saturated rings. The summed E-state index contributed by atoms with van der Waals surface area (Å²) in [7, 11) is 0. The number of carbonyl (C=O) groups excluding carboxylic acids is 2. The van der Waals surface area contributed by atoms with E-state index in [1.807, 2.05) is 26.0 Å². The molecule has 1 N–H and O–H groups in total. The molecule has 0 aromatic heterocycles. The predicted octanol–water partition coefficient (Wildman–Crippen LogP) is 2.17. The SMILES string of the molecule is CC(=O)C(NC(=O)CN1CCCc2ccccc21)C(C)C. The van der Waals surface area contributed by atoms with Gasteiger partial charge in [-0.2, -0.15) is 0 Å². The zero-order chi connectivity index (χ0) is 15.4. The highest BCUT2D eigenvalue weighted by atomic mass is 16.2. The van der Waals surface area contributed by atoms with E-state index in [0.29, 0.717) is 6.54 Å². The van der Waals surface area contributed by atoms with Gasteiger partial charge in [0.1, 0.15) is 0 Å². The van der Waals surface area contributed by atoms with Gasteiger partial charge < -0.3 is 10.2 Å². The van der Waals surface area contributed by atoms with Crippen LogP contribution in [0.15, 0.2) is 24.3 Å². The van der Waals surface area contributed by atoms with E-state index in [1.54, 1.807) is 0 Å². The maximum Gasteiger partial charge on any atom is 0.240 e. The first-order valence-electron chi connectivity index (χ1n) is 7.61. The van der Waals surface area contributed by atoms with Gasteiger partial charge in [-0.15, -0.1) is 0 Å². The quantitative estimate of drug-likeness (QED) is 0.903. The maximum absolute atomic E-state index is 12.2. The van der Waals surface area contributed by atoms with Crippen LogP contribution in [0.25, 0.3) is 0 Å². The average molecular weight is 288 g/mol. The van der Waals surface area contributed by atoms with Crippen molar-refractivity contribution >= 4 is 17.4 Å². The molecule has 114 valence electrons. The Hall–Kier alpha value is -1.84. The molecule has 1 aromatic carbocycles. The van der Waals surface area contributed by atoms with Crippen LogP contribution in [0, 0.1) is 5.92 Å². The van der Waals surface area contributed by atoms with Crippen LogP contribution < -0.4 is 10.2 Å². The molecule has 0 saturated carbocycles. The van der Waals surface area contributed by atoms with E-state index >= 15 is 0 Å². The molecule has 4 heteroatoms. The summed E-state index contributed by atoms with van der Waals surface area (Å²) in [4.78, 5) is 25.9. The highest BCUT2D eigenvalue weighted by molar-refractivity contribution is 5.89. The number of nitrogens with one attached hydrogen (secondary N) is 1. The Morgan fingerprint density at radius 3 is 2.67 bits per heavy atom. The molecule has 1 unspecified atom stereocenters. The third kappa shape index (κ3) is 3.84. The second-order valence-corrected chi connectivity index (χ2v) is 6.05. The molecular weight excluding hydrogens is 264 g/mol. The summed E-state index contributed by atoms with van der Waals surface area (Å²) in [6, 6.07) is 7.82. The molecule has 1 aliphatic heterocycles. The summed E-state index contributed by atoms with van der Waals surface area (Å²) in [6.07, 6.45) is 2.13. The molecule has 0 aliphatic carbocycles. The van der Waals surface area contributed by atoms with Gasteiger partial charge in [0.2, 0.25) is 5.91 Å². The summed E-state index contributed by atoms with van der Waals surface area (Å²) in [5.74, 6) is 0.0399. The van der Waals surface area contributed by atoms with E-state index < -0.39 is 6.04 Å². The lowest BCUT2D eigenvalue weighted by Gasteiger charge is -2.31. The highest BCUT2D eigenvalue weighted by Gasteiger charge is 2.23. The zero-order valence-corrected chi connectivity index (χ0v) is 13.1. The molecule has 1 atom stereocenters. The summed E-state index contributed by atoms with van der Waals surface area (Å²) in [5.41, 5.74) is 2.44. The summed E-state index contributed by atoms with van der Waals surface area (Å²) >= 11 is 0. The average Bonchev–Trinajstić information content (AvgIpc) is 2.44. The van der Waals surface area contributed by atoms with E-state index in [-0.39, 0.29) is 17.6 Å². The Labute approximate surface area is 126 Å². The molecule has 1 aliphatic rings. The molecular formula is C17H24N2O2. The van der Waals surface area contributed by atoms with E-state index in [1.165, 1.54) is 12.5 Å². The summed E-state index contributed by atoms with van der Waals surface area (Å²) < 4.78 is 0. The van der Waals surface area contributed by atoms with Crippen molar-refractivity contribution in [3.8, 4) is 0 Å². The largest absolute Gasteiger partial charge is 0.362 e. The minimum absolute atomic E-state index is 0.0115. The summed E-state index contributed by atoms with van der Waals surface area (Å²) in [6.45, 7) is 6.62. The van der Waals surface area contributed by atoms with Crippen molar-refractivity contribution in [1.82, 2.24) is 5.32 Å². The number of ketones is 1. The number of nitrogens with zero attached hydrogens (tertiary/aromatic N) is 1. The van der Waals surface area contributed by atoms with Crippen LogP contribution in [0.1, 0.15) is 32.8 Å². The van der Waals surface area contributed by atoms with Crippen LogP contribution in [0.3, 0.4) is 0 Å². The maximum atomic E-state index is 12.2. The normalized spacial score (nSPS) is 15.5. The van der Waals surface area contributed by atoms with Gasteiger partial charge in [0, 0.05) is 12.2 Å². The number of aryl methyl sites for hydroxylation is 1. The van der Waals surface area contributed by atoms with Gasteiger partial charge in [0.25, 0.3) is 0 Å². The number of amides is 1. The molecule has 0 spiro atoms. The predicted molar refractivity (Wildman–Crippen MR) is 84.4 cm³/mol. The zero-order valence-electron chi connectivity index (χ0n) is 13.1. The van der Waals surface area contributed by atoms with Crippen molar-refractivity contribution in [1.29, 1.82) is 0 Å². The number of rotatable bonds is 5. The van der Waals surface area contributed by atoms with Crippen LogP contribution in [0.5, 0.6) is 0 Å². The van der Waals surface area contributed by atoms with Crippen molar-refractivity contribution in [2.75, 3.05) is 18.0 Å². The van der Waals surface area contributed by atoms with Gasteiger partial charge in [-0.25, -0.2) is 0 Å². The number of fused-ring (bicyclic) bond motifs is 1. The van der Waals surface area contributed by atoms with Gasteiger partial charge in [0.05, 0.1) is 12.6 Å². The van der Waals surface area contributed by atoms with Gasteiger partial charge >= 0.3 is 0 Å². The van der Waals surface area contributed by atoms with Crippen LogP contribution in [0.4, 0.5) is 5.69 Å². The second-order valence-electron chi connectivity index (χ2n) is 6.05. The smallest absolute Gasteiger partial charge is 0.240 e. The van der Waals surface area contributed by atoms with E-state index in [9.17, 15) is 9.59 Å². The fourth-order valence-corrected chi connectivity index (χ4v) is 2.91. The lowest BCUT2D eigenvalue weighted by Crippen LogP contribution is -2.48. The fraction of sp³-hybridized carbons (Fsp3) is 0.529. The lowest BCUT2D eigenvalue weighted by atomic mass is 10.0. The Kier molecular flexibility index (Phi) is 4.99. The van der Waals surface area contributed by atoms with Crippen molar-refractivity contribution in [2.45, 2.75) is 39.7 Å². The Bertz CT molecular complexity index is 525. The Morgan fingerprint density at radius 1 is 1.29 bits per heavy atom. The molecule has 1 aromatic rings. The number of anilines is 1. The Morgan fingerprint density at radius 2 is 2.00 bits per heavy atom. The van der Waals surface area contributed by atoms with Crippen LogP contribution in [-0.4, -0.2) is 30.8 Å². The van der Waals surface area contributed by atoms with Gasteiger partial charge in [-0.3, -0.25) is 9.59 Å². The van der Waals surface area contributed by atoms with Crippen LogP contribution in [0.2, 0.25) is 0 Å².